The molecule has 0 unspecified atom stereocenters. The summed E-state index contributed by atoms with van der Waals surface area (Å²) in [7, 11) is 0. The minimum atomic E-state index is -0.250. The van der Waals surface area contributed by atoms with E-state index in [2.05, 4.69) is 15.3 Å². The Hall–Kier alpha value is -2.50. The van der Waals surface area contributed by atoms with E-state index in [1.807, 2.05) is 24.3 Å². The summed E-state index contributed by atoms with van der Waals surface area (Å²) in [6, 6.07) is 7.38. The van der Waals surface area contributed by atoms with Crippen LogP contribution in [0.25, 0.3) is 11.0 Å². The molecular formula is C14H14N4O2. The normalized spacial score (nSPS) is 15.8. The number of nitrogens with zero attached hydrogens (tertiary/aromatic N) is 3. The van der Waals surface area contributed by atoms with Crippen molar-refractivity contribution in [3.63, 3.8) is 0 Å². The second-order valence-electron chi connectivity index (χ2n) is 4.67. The molecule has 2 aromatic rings. The van der Waals surface area contributed by atoms with Gasteiger partial charge < -0.3 is 10.2 Å². The summed E-state index contributed by atoms with van der Waals surface area (Å²) in [5, 5.41) is 2.74. The van der Waals surface area contributed by atoms with Crippen LogP contribution in [0, 0.1) is 0 Å². The van der Waals surface area contributed by atoms with Crippen molar-refractivity contribution in [2.75, 3.05) is 19.6 Å². The first-order valence-corrected chi connectivity index (χ1v) is 6.52. The Morgan fingerprint density at radius 1 is 1.25 bits per heavy atom. The fourth-order valence-electron chi connectivity index (χ4n) is 2.20. The SMILES string of the molecule is O=C1CN(C(=O)c2cnc3ccccc3n2)CCCN1. The monoisotopic (exact) mass is 270 g/mol. The van der Waals surface area contributed by atoms with Gasteiger partial charge in [-0.3, -0.25) is 14.6 Å². The molecule has 1 saturated heterocycles. The molecule has 1 N–H and O–H groups in total. The number of carbonyl (C=O) groups excluding carboxylic acids is 2. The zero-order chi connectivity index (χ0) is 13.9. The molecule has 3 rings (SSSR count). The molecule has 1 aliphatic heterocycles. The molecule has 0 saturated carbocycles. The van der Waals surface area contributed by atoms with Gasteiger partial charge in [-0.2, -0.15) is 0 Å². The molecular weight excluding hydrogens is 256 g/mol. The number of hydrogen-bond donors (Lipinski definition) is 1. The van der Waals surface area contributed by atoms with Gasteiger partial charge in [0.25, 0.3) is 5.91 Å². The zero-order valence-electron chi connectivity index (χ0n) is 10.9. The van der Waals surface area contributed by atoms with Crippen LogP contribution in [-0.4, -0.2) is 46.3 Å². The van der Waals surface area contributed by atoms with Crippen molar-refractivity contribution in [2.24, 2.45) is 0 Å². The number of rotatable bonds is 1. The highest BCUT2D eigenvalue weighted by molar-refractivity contribution is 5.96. The van der Waals surface area contributed by atoms with Crippen LogP contribution in [0.5, 0.6) is 0 Å². The summed E-state index contributed by atoms with van der Waals surface area (Å²) in [5.41, 5.74) is 1.70. The summed E-state index contributed by atoms with van der Waals surface area (Å²) in [5.74, 6) is -0.384. The van der Waals surface area contributed by atoms with Crippen LogP contribution in [0.3, 0.4) is 0 Å². The van der Waals surface area contributed by atoms with E-state index < -0.39 is 0 Å². The van der Waals surface area contributed by atoms with Crippen LogP contribution in [0.4, 0.5) is 0 Å². The second kappa shape index (κ2) is 5.24. The predicted octanol–water partition coefficient (Wildman–Crippen LogP) is 0.592. The van der Waals surface area contributed by atoms with Crippen LogP contribution in [0.15, 0.2) is 30.5 Å². The molecule has 1 aromatic carbocycles. The zero-order valence-corrected chi connectivity index (χ0v) is 10.9. The Morgan fingerprint density at radius 3 is 2.90 bits per heavy atom. The van der Waals surface area contributed by atoms with Crippen molar-refractivity contribution in [3.05, 3.63) is 36.2 Å². The number of carbonyl (C=O) groups is 2. The maximum atomic E-state index is 12.4. The maximum absolute atomic E-state index is 12.4. The number of amides is 2. The highest BCUT2D eigenvalue weighted by Crippen LogP contribution is 2.10. The third-order valence-electron chi connectivity index (χ3n) is 3.22. The van der Waals surface area contributed by atoms with E-state index in [9.17, 15) is 9.59 Å². The number of fused-ring (bicyclic) bond motifs is 1. The van der Waals surface area contributed by atoms with Crippen molar-refractivity contribution in [1.29, 1.82) is 0 Å². The molecule has 0 radical (unpaired) electrons. The molecule has 6 heteroatoms. The van der Waals surface area contributed by atoms with Gasteiger partial charge in [-0.05, 0) is 18.6 Å². The molecule has 0 atom stereocenters. The van der Waals surface area contributed by atoms with Gasteiger partial charge in [0.05, 0.1) is 23.8 Å². The lowest BCUT2D eigenvalue weighted by Gasteiger charge is -2.18. The average molecular weight is 270 g/mol. The molecule has 6 nitrogen and oxygen atoms in total. The summed E-state index contributed by atoms with van der Waals surface area (Å²) < 4.78 is 0. The number of nitrogens with one attached hydrogen (secondary N) is 1. The highest BCUT2D eigenvalue weighted by Gasteiger charge is 2.22. The van der Waals surface area contributed by atoms with Gasteiger partial charge in [0.1, 0.15) is 5.69 Å². The van der Waals surface area contributed by atoms with Crippen LogP contribution in [0.2, 0.25) is 0 Å². The van der Waals surface area contributed by atoms with E-state index in [-0.39, 0.29) is 24.1 Å². The van der Waals surface area contributed by atoms with Crippen LogP contribution >= 0.6 is 0 Å². The topological polar surface area (TPSA) is 75.2 Å². The quantitative estimate of drug-likeness (QED) is 0.823. The van der Waals surface area contributed by atoms with Gasteiger partial charge in [-0.15, -0.1) is 0 Å². The Balaban J connectivity index is 1.89. The van der Waals surface area contributed by atoms with Crippen LogP contribution < -0.4 is 5.32 Å². The lowest BCUT2D eigenvalue weighted by atomic mass is 10.2. The molecule has 2 heterocycles. The Kier molecular flexibility index (Phi) is 3.28. The first-order valence-electron chi connectivity index (χ1n) is 6.52. The van der Waals surface area contributed by atoms with Crippen molar-refractivity contribution >= 4 is 22.8 Å². The van der Waals surface area contributed by atoms with E-state index in [0.29, 0.717) is 18.6 Å². The van der Waals surface area contributed by atoms with Crippen molar-refractivity contribution in [2.45, 2.75) is 6.42 Å². The fourth-order valence-corrected chi connectivity index (χ4v) is 2.20. The first-order chi connectivity index (χ1) is 9.74. The summed E-state index contributed by atoms with van der Waals surface area (Å²) in [6.45, 7) is 1.23. The number of benzene rings is 1. The lowest BCUT2D eigenvalue weighted by molar-refractivity contribution is -0.121. The van der Waals surface area contributed by atoms with Gasteiger partial charge in [-0.25, -0.2) is 4.98 Å². The third kappa shape index (κ3) is 2.45. The predicted molar refractivity (Wildman–Crippen MR) is 73.1 cm³/mol. The van der Waals surface area contributed by atoms with Gasteiger partial charge in [0.2, 0.25) is 5.91 Å². The minimum absolute atomic E-state index is 0.0767. The second-order valence-corrected chi connectivity index (χ2v) is 4.67. The van der Waals surface area contributed by atoms with Crippen LogP contribution in [0.1, 0.15) is 16.9 Å². The molecule has 0 spiro atoms. The van der Waals surface area contributed by atoms with Crippen molar-refractivity contribution in [3.8, 4) is 0 Å². The highest BCUT2D eigenvalue weighted by atomic mass is 16.2. The Bertz CT molecular complexity index is 671. The lowest BCUT2D eigenvalue weighted by Crippen LogP contribution is -2.37. The fraction of sp³-hybridized carbons (Fsp3) is 0.286. The van der Waals surface area contributed by atoms with E-state index in [0.717, 1.165) is 11.9 Å². The molecule has 0 bridgehead atoms. The molecule has 1 aliphatic rings. The Morgan fingerprint density at radius 2 is 2.05 bits per heavy atom. The smallest absolute Gasteiger partial charge is 0.274 e. The maximum Gasteiger partial charge on any atom is 0.274 e. The molecule has 1 fully saturated rings. The van der Waals surface area contributed by atoms with Crippen molar-refractivity contribution < 1.29 is 9.59 Å². The van der Waals surface area contributed by atoms with Gasteiger partial charge in [0, 0.05) is 13.1 Å². The largest absolute Gasteiger partial charge is 0.354 e. The van der Waals surface area contributed by atoms with E-state index in [4.69, 9.17) is 0 Å². The first kappa shape index (κ1) is 12.5. The average Bonchev–Trinajstić information content (AvgIpc) is 2.70. The molecule has 102 valence electrons. The minimum Gasteiger partial charge on any atom is -0.354 e. The summed E-state index contributed by atoms with van der Waals surface area (Å²) in [4.78, 5) is 34.0. The molecule has 20 heavy (non-hydrogen) atoms. The third-order valence-corrected chi connectivity index (χ3v) is 3.22. The van der Waals surface area contributed by atoms with E-state index >= 15 is 0 Å². The number of hydrogen-bond acceptors (Lipinski definition) is 4. The molecule has 2 amide bonds. The van der Waals surface area contributed by atoms with E-state index in [1.54, 1.807) is 0 Å². The van der Waals surface area contributed by atoms with Crippen LogP contribution in [-0.2, 0) is 4.79 Å². The number of para-hydroxylation sites is 2. The summed E-state index contributed by atoms with van der Waals surface area (Å²) >= 11 is 0. The van der Waals surface area contributed by atoms with Gasteiger partial charge in [-0.1, -0.05) is 12.1 Å². The number of aromatic nitrogens is 2. The standard InChI is InChI=1S/C14H14N4O2/c19-13-9-18(7-3-6-15-13)14(20)12-8-16-10-4-1-2-5-11(10)17-12/h1-2,4-5,8H,3,6-7,9H2,(H,15,19). The van der Waals surface area contributed by atoms with Crippen molar-refractivity contribution in [1.82, 2.24) is 20.2 Å². The Labute approximate surface area is 115 Å². The van der Waals surface area contributed by atoms with Gasteiger partial charge in [0.15, 0.2) is 0 Å². The van der Waals surface area contributed by atoms with E-state index in [1.165, 1.54) is 11.1 Å². The summed E-state index contributed by atoms with van der Waals surface area (Å²) in [6.07, 6.45) is 2.21. The molecule has 0 aliphatic carbocycles. The molecule has 1 aromatic heterocycles. The van der Waals surface area contributed by atoms with Gasteiger partial charge >= 0.3 is 0 Å².